The third-order valence-corrected chi connectivity index (χ3v) is 4.81. The van der Waals surface area contributed by atoms with Crippen molar-refractivity contribution in [1.29, 1.82) is 0 Å². The molecule has 2 rings (SSSR count). The Morgan fingerprint density at radius 3 is 2.27 bits per heavy atom. The van der Waals surface area contributed by atoms with E-state index >= 15 is 0 Å². The number of methoxy groups -OCH3 is 2. The van der Waals surface area contributed by atoms with Crippen molar-refractivity contribution in [3.8, 4) is 17.2 Å². The van der Waals surface area contributed by atoms with Crippen molar-refractivity contribution < 1.29 is 19.0 Å². The molecule has 0 aromatic heterocycles. The maximum absolute atomic E-state index is 12.4. The summed E-state index contributed by atoms with van der Waals surface area (Å²) >= 11 is 2.11. The Hall–Kier alpha value is -1.96. The average Bonchev–Trinajstić information content (AvgIpc) is 2.65. The minimum atomic E-state index is -0.172. The summed E-state index contributed by atoms with van der Waals surface area (Å²) in [5, 5.41) is 2.86. The fourth-order valence-electron chi connectivity index (χ4n) is 2.41. The van der Waals surface area contributed by atoms with Gasteiger partial charge in [0, 0.05) is 3.57 Å². The summed E-state index contributed by atoms with van der Waals surface area (Å²) in [7, 11) is 3.11. The number of hydrogen-bond acceptors (Lipinski definition) is 4. The minimum Gasteiger partial charge on any atom is -0.493 e. The molecule has 0 bridgehead atoms. The van der Waals surface area contributed by atoms with E-state index in [0.717, 1.165) is 9.32 Å². The summed E-state index contributed by atoms with van der Waals surface area (Å²) in [4.78, 5) is 12.4. The van der Waals surface area contributed by atoms with E-state index in [1.165, 1.54) is 5.56 Å². The second-order valence-corrected chi connectivity index (χ2v) is 7.18. The Morgan fingerprint density at radius 1 is 1.08 bits per heavy atom. The third kappa shape index (κ3) is 5.27. The van der Waals surface area contributed by atoms with Gasteiger partial charge in [-0.3, -0.25) is 4.79 Å². The number of hydrogen-bond donors (Lipinski definition) is 1. The van der Waals surface area contributed by atoms with Crippen molar-refractivity contribution >= 4 is 28.5 Å². The topological polar surface area (TPSA) is 56.8 Å². The standard InChI is InChI=1S/C20H24INO4/c1-13(2)14-5-7-15(8-6-14)26-10-9-22-20(23)16-11-18(24-3)19(25-4)12-17(16)21/h5-8,11-13H,9-10H2,1-4H3,(H,22,23). The first-order valence-corrected chi connectivity index (χ1v) is 9.46. The Kier molecular flexibility index (Phi) is 7.56. The van der Waals surface area contributed by atoms with E-state index in [9.17, 15) is 4.79 Å². The molecule has 0 spiro atoms. The van der Waals surface area contributed by atoms with Gasteiger partial charge in [0.15, 0.2) is 11.5 Å². The molecule has 6 heteroatoms. The van der Waals surface area contributed by atoms with Gasteiger partial charge in [-0.1, -0.05) is 26.0 Å². The molecular weight excluding hydrogens is 445 g/mol. The minimum absolute atomic E-state index is 0.172. The molecule has 140 valence electrons. The van der Waals surface area contributed by atoms with Crippen LogP contribution in [0.4, 0.5) is 0 Å². The first-order valence-electron chi connectivity index (χ1n) is 8.38. The van der Waals surface area contributed by atoms with E-state index in [1.807, 2.05) is 12.1 Å². The maximum atomic E-state index is 12.4. The molecule has 0 aliphatic carbocycles. The highest BCUT2D eigenvalue weighted by atomic mass is 127. The predicted octanol–water partition coefficient (Wildman–Crippen LogP) is 4.24. The van der Waals surface area contributed by atoms with Gasteiger partial charge in [0.25, 0.3) is 5.91 Å². The van der Waals surface area contributed by atoms with Crippen LogP contribution in [0.1, 0.15) is 35.7 Å². The Bertz CT molecular complexity index is 744. The van der Waals surface area contributed by atoms with Gasteiger partial charge in [0.05, 0.1) is 26.3 Å². The quantitative estimate of drug-likeness (QED) is 0.464. The molecular formula is C20H24INO4. The van der Waals surface area contributed by atoms with Crippen LogP contribution in [0.2, 0.25) is 0 Å². The SMILES string of the molecule is COc1cc(I)c(C(=O)NCCOc2ccc(C(C)C)cc2)cc1OC. The van der Waals surface area contributed by atoms with Crippen molar-refractivity contribution in [2.24, 2.45) is 0 Å². The first-order chi connectivity index (χ1) is 12.5. The summed E-state index contributed by atoms with van der Waals surface area (Å²) in [6.07, 6.45) is 0. The van der Waals surface area contributed by atoms with Crippen LogP contribution in [-0.2, 0) is 0 Å². The number of carbonyl (C=O) groups is 1. The lowest BCUT2D eigenvalue weighted by atomic mass is 10.0. The van der Waals surface area contributed by atoms with Crippen LogP contribution in [0, 0.1) is 3.57 Å². The molecule has 0 heterocycles. The van der Waals surface area contributed by atoms with Gasteiger partial charge in [-0.25, -0.2) is 0 Å². The van der Waals surface area contributed by atoms with Gasteiger partial charge in [-0.15, -0.1) is 0 Å². The van der Waals surface area contributed by atoms with Gasteiger partial charge in [-0.05, 0) is 58.3 Å². The zero-order valence-electron chi connectivity index (χ0n) is 15.5. The van der Waals surface area contributed by atoms with Crippen molar-refractivity contribution in [3.63, 3.8) is 0 Å². The van der Waals surface area contributed by atoms with Gasteiger partial charge < -0.3 is 19.5 Å². The molecule has 0 fully saturated rings. The molecule has 1 amide bonds. The number of nitrogens with one attached hydrogen (secondary N) is 1. The molecule has 2 aromatic carbocycles. The second kappa shape index (κ2) is 9.66. The van der Waals surface area contributed by atoms with Crippen LogP contribution in [0.3, 0.4) is 0 Å². The Morgan fingerprint density at radius 2 is 1.69 bits per heavy atom. The third-order valence-electron chi connectivity index (χ3n) is 3.92. The maximum Gasteiger partial charge on any atom is 0.252 e. The fraction of sp³-hybridized carbons (Fsp3) is 0.350. The normalized spacial score (nSPS) is 10.5. The van der Waals surface area contributed by atoms with Crippen molar-refractivity contribution in [3.05, 3.63) is 51.1 Å². The average molecular weight is 469 g/mol. The van der Waals surface area contributed by atoms with Crippen LogP contribution in [0.25, 0.3) is 0 Å². The van der Waals surface area contributed by atoms with E-state index in [-0.39, 0.29) is 5.91 Å². The van der Waals surface area contributed by atoms with Crippen molar-refractivity contribution in [2.45, 2.75) is 19.8 Å². The lowest BCUT2D eigenvalue weighted by molar-refractivity contribution is 0.0945. The van der Waals surface area contributed by atoms with Crippen LogP contribution >= 0.6 is 22.6 Å². The van der Waals surface area contributed by atoms with Crippen LogP contribution < -0.4 is 19.5 Å². The number of ether oxygens (including phenoxy) is 3. The molecule has 0 aliphatic rings. The fourth-order valence-corrected chi connectivity index (χ4v) is 3.09. The van der Waals surface area contributed by atoms with Crippen molar-refractivity contribution in [2.75, 3.05) is 27.4 Å². The largest absolute Gasteiger partial charge is 0.493 e. The molecule has 0 saturated carbocycles. The molecule has 0 radical (unpaired) electrons. The van der Waals surface area contributed by atoms with E-state index in [1.54, 1.807) is 26.4 Å². The molecule has 0 aliphatic heterocycles. The van der Waals surface area contributed by atoms with E-state index in [0.29, 0.717) is 36.1 Å². The summed E-state index contributed by atoms with van der Waals surface area (Å²) in [5.74, 6) is 2.24. The molecule has 0 saturated heterocycles. The second-order valence-electron chi connectivity index (χ2n) is 6.02. The lowest BCUT2D eigenvalue weighted by Gasteiger charge is -2.13. The number of amides is 1. The van der Waals surface area contributed by atoms with Gasteiger partial charge >= 0.3 is 0 Å². The van der Waals surface area contributed by atoms with Crippen LogP contribution in [0.15, 0.2) is 36.4 Å². The zero-order chi connectivity index (χ0) is 19.1. The molecule has 26 heavy (non-hydrogen) atoms. The zero-order valence-corrected chi connectivity index (χ0v) is 17.6. The molecule has 5 nitrogen and oxygen atoms in total. The number of carbonyl (C=O) groups excluding carboxylic acids is 1. The molecule has 1 N–H and O–H groups in total. The highest BCUT2D eigenvalue weighted by Crippen LogP contribution is 2.31. The lowest BCUT2D eigenvalue weighted by Crippen LogP contribution is -2.28. The molecule has 2 aromatic rings. The van der Waals surface area contributed by atoms with Crippen molar-refractivity contribution in [1.82, 2.24) is 5.32 Å². The van der Waals surface area contributed by atoms with Crippen LogP contribution in [-0.4, -0.2) is 33.3 Å². The van der Waals surface area contributed by atoms with E-state index < -0.39 is 0 Å². The number of halogens is 1. The van der Waals surface area contributed by atoms with Gasteiger partial charge in [0.2, 0.25) is 0 Å². The summed E-state index contributed by atoms with van der Waals surface area (Å²) in [5.41, 5.74) is 1.82. The first kappa shape index (κ1) is 20.4. The smallest absolute Gasteiger partial charge is 0.252 e. The highest BCUT2D eigenvalue weighted by Gasteiger charge is 2.15. The van der Waals surface area contributed by atoms with Gasteiger partial charge in [-0.2, -0.15) is 0 Å². The van der Waals surface area contributed by atoms with Gasteiger partial charge in [0.1, 0.15) is 12.4 Å². The Labute approximate surface area is 168 Å². The molecule has 0 unspecified atom stereocenters. The molecule has 0 atom stereocenters. The summed E-state index contributed by atoms with van der Waals surface area (Å²) in [6.45, 7) is 5.12. The number of rotatable bonds is 8. The van der Waals surface area contributed by atoms with E-state index in [2.05, 4.69) is 53.9 Å². The predicted molar refractivity (Wildman–Crippen MR) is 111 cm³/mol. The Balaban J connectivity index is 1.89. The van der Waals surface area contributed by atoms with Crippen LogP contribution in [0.5, 0.6) is 17.2 Å². The monoisotopic (exact) mass is 469 g/mol. The summed E-state index contributed by atoms with van der Waals surface area (Å²) in [6, 6.07) is 11.5. The van der Waals surface area contributed by atoms with E-state index in [4.69, 9.17) is 14.2 Å². The number of benzene rings is 2. The summed E-state index contributed by atoms with van der Waals surface area (Å²) < 4.78 is 17.0. The highest BCUT2D eigenvalue weighted by molar-refractivity contribution is 14.1.